The van der Waals surface area contributed by atoms with Crippen molar-refractivity contribution < 1.29 is 19.5 Å². The van der Waals surface area contributed by atoms with Crippen LogP contribution in [0.1, 0.15) is 17.3 Å². The molecule has 0 bridgehead atoms. The SMILES string of the molecule is CC(=O)Nc1ccc(NC(=O)C(=O)c2c(O)[nH]c3ccccc23)cc1. The van der Waals surface area contributed by atoms with Crippen molar-refractivity contribution in [3.8, 4) is 5.88 Å². The van der Waals surface area contributed by atoms with E-state index in [4.69, 9.17) is 0 Å². The van der Waals surface area contributed by atoms with Gasteiger partial charge in [0.1, 0.15) is 0 Å². The predicted octanol–water partition coefficient (Wildman–Crippen LogP) is 2.65. The van der Waals surface area contributed by atoms with Crippen LogP contribution in [0.4, 0.5) is 11.4 Å². The number of fused-ring (bicyclic) bond motifs is 1. The van der Waals surface area contributed by atoms with Crippen LogP contribution in [0.25, 0.3) is 10.9 Å². The molecule has 1 aromatic heterocycles. The molecule has 7 heteroatoms. The highest BCUT2D eigenvalue weighted by Crippen LogP contribution is 2.27. The van der Waals surface area contributed by atoms with Crippen LogP contribution in [0.5, 0.6) is 5.88 Å². The summed E-state index contributed by atoms with van der Waals surface area (Å²) in [6.45, 7) is 1.39. The Bertz CT molecular complexity index is 974. The Morgan fingerprint density at radius 1 is 0.920 bits per heavy atom. The van der Waals surface area contributed by atoms with E-state index in [2.05, 4.69) is 15.6 Å². The Morgan fingerprint density at radius 3 is 2.16 bits per heavy atom. The number of nitrogens with one attached hydrogen (secondary N) is 3. The maximum Gasteiger partial charge on any atom is 0.297 e. The van der Waals surface area contributed by atoms with E-state index in [1.807, 2.05) is 0 Å². The van der Waals surface area contributed by atoms with E-state index in [0.717, 1.165) is 0 Å². The van der Waals surface area contributed by atoms with E-state index in [1.165, 1.54) is 6.92 Å². The van der Waals surface area contributed by atoms with Crippen molar-refractivity contribution in [1.29, 1.82) is 0 Å². The number of para-hydroxylation sites is 1. The van der Waals surface area contributed by atoms with E-state index in [1.54, 1.807) is 48.5 Å². The molecular formula is C18H15N3O4. The first-order valence-corrected chi connectivity index (χ1v) is 7.48. The van der Waals surface area contributed by atoms with Gasteiger partial charge in [-0.3, -0.25) is 14.4 Å². The van der Waals surface area contributed by atoms with Gasteiger partial charge in [-0.2, -0.15) is 0 Å². The number of hydrogen-bond acceptors (Lipinski definition) is 4. The molecule has 0 unspecified atom stereocenters. The Hall–Kier alpha value is -3.61. The first-order chi connectivity index (χ1) is 12.0. The Kier molecular flexibility index (Phi) is 4.21. The van der Waals surface area contributed by atoms with E-state index in [9.17, 15) is 19.5 Å². The molecule has 0 saturated heterocycles. The van der Waals surface area contributed by atoms with Crippen LogP contribution in [0.3, 0.4) is 0 Å². The lowest BCUT2D eigenvalue weighted by atomic mass is 10.1. The van der Waals surface area contributed by atoms with E-state index < -0.39 is 11.7 Å². The topological polar surface area (TPSA) is 111 Å². The largest absolute Gasteiger partial charge is 0.494 e. The molecule has 0 saturated carbocycles. The fourth-order valence-corrected chi connectivity index (χ4v) is 2.50. The number of ketones is 1. The fourth-order valence-electron chi connectivity index (χ4n) is 2.50. The maximum atomic E-state index is 12.4. The molecule has 1 heterocycles. The minimum Gasteiger partial charge on any atom is -0.494 e. The lowest BCUT2D eigenvalue weighted by Crippen LogP contribution is -2.22. The van der Waals surface area contributed by atoms with Gasteiger partial charge < -0.3 is 20.7 Å². The van der Waals surface area contributed by atoms with Gasteiger partial charge in [-0.25, -0.2) is 0 Å². The summed E-state index contributed by atoms with van der Waals surface area (Å²) in [5.41, 5.74) is 1.47. The monoisotopic (exact) mass is 337 g/mol. The molecule has 0 spiro atoms. The number of hydrogen-bond donors (Lipinski definition) is 4. The molecule has 0 fully saturated rings. The van der Waals surface area contributed by atoms with Gasteiger partial charge in [0.05, 0.1) is 5.56 Å². The van der Waals surface area contributed by atoms with Crippen molar-refractivity contribution in [2.45, 2.75) is 6.92 Å². The van der Waals surface area contributed by atoms with Crippen LogP contribution in [0, 0.1) is 0 Å². The zero-order valence-corrected chi connectivity index (χ0v) is 13.3. The lowest BCUT2D eigenvalue weighted by Gasteiger charge is -2.06. The van der Waals surface area contributed by atoms with Crippen LogP contribution in [0.15, 0.2) is 48.5 Å². The average Bonchev–Trinajstić information content (AvgIpc) is 2.91. The third kappa shape index (κ3) is 3.35. The molecule has 2 amide bonds. The quantitative estimate of drug-likeness (QED) is 0.433. The van der Waals surface area contributed by atoms with Gasteiger partial charge in [0.2, 0.25) is 11.8 Å². The summed E-state index contributed by atoms with van der Waals surface area (Å²) in [7, 11) is 0. The number of aromatic hydroxyl groups is 1. The Balaban J connectivity index is 1.79. The molecular weight excluding hydrogens is 322 g/mol. The summed E-state index contributed by atoms with van der Waals surface area (Å²) in [5.74, 6) is -2.27. The van der Waals surface area contributed by atoms with E-state index in [0.29, 0.717) is 22.3 Å². The van der Waals surface area contributed by atoms with Crippen LogP contribution < -0.4 is 10.6 Å². The number of rotatable bonds is 4. The third-order valence-electron chi connectivity index (χ3n) is 3.58. The summed E-state index contributed by atoms with van der Waals surface area (Å²) >= 11 is 0. The molecule has 0 aliphatic rings. The molecule has 126 valence electrons. The number of carbonyl (C=O) groups is 3. The third-order valence-corrected chi connectivity index (χ3v) is 3.58. The zero-order valence-electron chi connectivity index (χ0n) is 13.3. The van der Waals surface area contributed by atoms with Gasteiger partial charge >= 0.3 is 0 Å². The van der Waals surface area contributed by atoms with Crippen molar-refractivity contribution in [1.82, 2.24) is 4.98 Å². The first kappa shape index (κ1) is 16.3. The van der Waals surface area contributed by atoms with Crippen molar-refractivity contribution in [2.75, 3.05) is 10.6 Å². The van der Waals surface area contributed by atoms with Gasteiger partial charge in [0.25, 0.3) is 11.7 Å². The number of H-pyrrole nitrogens is 1. The minimum atomic E-state index is -0.868. The number of benzene rings is 2. The minimum absolute atomic E-state index is 0.0667. The molecule has 0 aliphatic heterocycles. The number of amides is 2. The zero-order chi connectivity index (χ0) is 18.0. The van der Waals surface area contributed by atoms with Gasteiger partial charge in [0.15, 0.2) is 0 Å². The van der Waals surface area contributed by atoms with Gasteiger partial charge in [0, 0.05) is 29.2 Å². The molecule has 3 rings (SSSR count). The van der Waals surface area contributed by atoms with Gasteiger partial charge in [-0.05, 0) is 30.3 Å². The lowest BCUT2D eigenvalue weighted by molar-refractivity contribution is -0.114. The molecule has 0 aliphatic carbocycles. The molecule has 3 aromatic rings. The van der Waals surface area contributed by atoms with Crippen molar-refractivity contribution in [3.05, 3.63) is 54.1 Å². The number of aromatic amines is 1. The second-order valence-corrected chi connectivity index (χ2v) is 5.44. The summed E-state index contributed by atoms with van der Waals surface area (Å²) < 4.78 is 0. The second kappa shape index (κ2) is 6.48. The number of aromatic nitrogens is 1. The first-order valence-electron chi connectivity index (χ1n) is 7.48. The molecule has 2 aromatic carbocycles. The normalized spacial score (nSPS) is 10.4. The van der Waals surface area contributed by atoms with Crippen LogP contribution in [-0.4, -0.2) is 27.7 Å². The molecule has 0 radical (unpaired) electrons. The Morgan fingerprint density at radius 2 is 1.52 bits per heavy atom. The summed E-state index contributed by atoms with van der Waals surface area (Å²) in [4.78, 5) is 38.3. The highest BCUT2D eigenvalue weighted by molar-refractivity contribution is 6.49. The summed E-state index contributed by atoms with van der Waals surface area (Å²) in [6.07, 6.45) is 0. The number of anilines is 2. The van der Waals surface area contributed by atoms with E-state index >= 15 is 0 Å². The standard InChI is InChI=1S/C18H15N3O4/c1-10(22)19-11-6-8-12(9-7-11)20-18(25)16(23)15-13-4-2-3-5-14(13)21-17(15)24/h2-9,21,24H,1H3,(H,19,22)(H,20,25). The fraction of sp³-hybridized carbons (Fsp3) is 0.0556. The highest BCUT2D eigenvalue weighted by atomic mass is 16.3. The van der Waals surface area contributed by atoms with Crippen molar-refractivity contribution >= 4 is 39.9 Å². The molecule has 0 atom stereocenters. The molecule has 25 heavy (non-hydrogen) atoms. The van der Waals surface area contributed by atoms with Crippen molar-refractivity contribution in [2.24, 2.45) is 0 Å². The average molecular weight is 337 g/mol. The van der Waals surface area contributed by atoms with Crippen LogP contribution in [0.2, 0.25) is 0 Å². The van der Waals surface area contributed by atoms with Crippen molar-refractivity contribution in [3.63, 3.8) is 0 Å². The summed E-state index contributed by atoms with van der Waals surface area (Å²) in [5, 5.41) is 15.5. The number of carbonyl (C=O) groups excluding carboxylic acids is 3. The molecule has 4 N–H and O–H groups in total. The predicted molar refractivity (Wildman–Crippen MR) is 93.7 cm³/mol. The number of Topliss-reactive ketones (excluding diaryl/α,β-unsaturated/α-hetero) is 1. The van der Waals surface area contributed by atoms with E-state index in [-0.39, 0.29) is 17.4 Å². The maximum absolute atomic E-state index is 12.4. The Labute approximate surface area is 142 Å². The smallest absolute Gasteiger partial charge is 0.297 e. The van der Waals surface area contributed by atoms with Crippen LogP contribution in [-0.2, 0) is 9.59 Å². The summed E-state index contributed by atoms with van der Waals surface area (Å²) in [6, 6.07) is 13.1. The van der Waals surface area contributed by atoms with Gasteiger partial charge in [-0.15, -0.1) is 0 Å². The van der Waals surface area contributed by atoms with Crippen LogP contribution >= 0.6 is 0 Å². The second-order valence-electron chi connectivity index (χ2n) is 5.44. The van der Waals surface area contributed by atoms with Gasteiger partial charge in [-0.1, -0.05) is 18.2 Å². The molecule has 7 nitrogen and oxygen atoms in total. The highest BCUT2D eigenvalue weighted by Gasteiger charge is 2.24.